The van der Waals surface area contributed by atoms with E-state index >= 15 is 0 Å². The Bertz CT molecular complexity index is 2850. The third kappa shape index (κ3) is 4.59. The summed E-state index contributed by atoms with van der Waals surface area (Å²) in [5, 5.41) is 11.1. The van der Waals surface area contributed by atoms with Crippen LogP contribution in [0.25, 0.3) is 98.6 Å². The van der Waals surface area contributed by atoms with Gasteiger partial charge in [-0.2, -0.15) is 0 Å². The number of hydrogen-bond donors (Lipinski definition) is 0. The zero-order chi connectivity index (χ0) is 33.0. The van der Waals surface area contributed by atoms with Crippen molar-refractivity contribution in [2.75, 3.05) is 0 Å². The van der Waals surface area contributed by atoms with Crippen LogP contribution in [0.3, 0.4) is 0 Å². The van der Waals surface area contributed by atoms with Crippen molar-refractivity contribution >= 4 is 54.0 Å². The van der Waals surface area contributed by atoms with Gasteiger partial charge in [0.05, 0.1) is 11.2 Å². The molecule has 0 unspecified atom stereocenters. The lowest BCUT2D eigenvalue weighted by molar-refractivity contribution is 1.40. The fraction of sp³-hybridized carbons (Fsp3) is 0. The summed E-state index contributed by atoms with van der Waals surface area (Å²) in [7, 11) is 0. The van der Waals surface area contributed by atoms with E-state index in [0.29, 0.717) is 0 Å². The van der Waals surface area contributed by atoms with Crippen molar-refractivity contribution in [3.05, 3.63) is 188 Å². The Morgan fingerprint density at radius 1 is 0.300 bits per heavy atom. The molecule has 0 aliphatic heterocycles. The maximum Gasteiger partial charge on any atom is 0.0722 e. The van der Waals surface area contributed by atoms with Crippen LogP contribution in [0.5, 0.6) is 0 Å². The van der Waals surface area contributed by atoms with Gasteiger partial charge in [0, 0.05) is 10.9 Å². The zero-order valence-corrected chi connectivity index (χ0v) is 27.3. The first kappa shape index (κ1) is 28.4. The Morgan fingerprint density at radius 2 is 0.800 bits per heavy atom. The van der Waals surface area contributed by atoms with Gasteiger partial charge in [0.1, 0.15) is 0 Å². The summed E-state index contributed by atoms with van der Waals surface area (Å²) in [6.07, 6.45) is 0. The van der Waals surface area contributed by atoms with E-state index in [1.165, 1.54) is 81.9 Å². The van der Waals surface area contributed by atoms with Crippen molar-refractivity contribution < 1.29 is 0 Å². The molecule has 0 N–H and O–H groups in total. The highest BCUT2D eigenvalue weighted by atomic mass is 14.7. The van der Waals surface area contributed by atoms with Crippen LogP contribution in [-0.4, -0.2) is 4.98 Å². The van der Waals surface area contributed by atoms with Crippen LogP contribution in [0.1, 0.15) is 0 Å². The topological polar surface area (TPSA) is 12.9 Å². The number of hydrogen-bond acceptors (Lipinski definition) is 1. The average molecular weight is 634 g/mol. The summed E-state index contributed by atoms with van der Waals surface area (Å²) in [5.74, 6) is 0. The summed E-state index contributed by atoms with van der Waals surface area (Å²) in [6, 6.07) is 68.2. The van der Waals surface area contributed by atoms with Crippen LogP contribution in [0, 0.1) is 0 Å². The van der Waals surface area contributed by atoms with Gasteiger partial charge < -0.3 is 0 Å². The second-order valence-corrected chi connectivity index (χ2v) is 13.1. The average Bonchev–Trinajstić information content (AvgIpc) is 3.19. The molecule has 0 amide bonds. The molecule has 0 fully saturated rings. The highest BCUT2D eigenvalue weighted by Gasteiger charge is 2.18. The molecular formula is C49H31N. The normalized spacial score (nSPS) is 11.6. The lowest BCUT2D eigenvalue weighted by Crippen LogP contribution is -1.93. The maximum atomic E-state index is 5.20. The van der Waals surface area contributed by atoms with Gasteiger partial charge in [0.2, 0.25) is 0 Å². The standard InChI is InChI=1S/C49H31N/c1-3-14-33(15-4-1)44-31-46(34-16-5-2-6-17-34)50-45-28-26-36-30-38(25-27-39(36)49(44)45)48-42-21-11-9-19-40(42)47(41-20-10-12-22-43(41)48)37-24-23-32-13-7-8-18-35(32)29-37/h1-31H. The largest absolute Gasteiger partial charge is 0.248 e. The number of rotatable bonds is 4. The molecule has 1 nitrogen and oxygen atoms in total. The second kappa shape index (κ2) is 11.5. The van der Waals surface area contributed by atoms with Crippen LogP contribution < -0.4 is 0 Å². The summed E-state index contributed by atoms with van der Waals surface area (Å²) in [6.45, 7) is 0. The molecule has 0 spiro atoms. The monoisotopic (exact) mass is 633 g/mol. The van der Waals surface area contributed by atoms with E-state index in [2.05, 4.69) is 188 Å². The van der Waals surface area contributed by atoms with Gasteiger partial charge in [-0.1, -0.05) is 164 Å². The number of benzene rings is 9. The molecule has 0 saturated heterocycles. The predicted octanol–water partition coefficient (Wildman–Crippen LogP) is 13.5. The van der Waals surface area contributed by atoms with E-state index in [0.717, 1.165) is 16.8 Å². The van der Waals surface area contributed by atoms with Crippen molar-refractivity contribution in [1.29, 1.82) is 0 Å². The van der Waals surface area contributed by atoms with Gasteiger partial charge in [-0.3, -0.25) is 0 Å². The SMILES string of the molecule is c1ccc(-c2cc(-c3ccccc3)c3c(ccc4cc(-c5c6ccccc6c(-c6ccc7ccccc7c6)c6ccccc56)ccc43)n2)cc1. The van der Waals surface area contributed by atoms with E-state index in [1.54, 1.807) is 0 Å². The van der Waals surface area contributed by atoms with Gasteiger partial charge in [-0.05, 0) is 101 Å². The lowest BCUT2D eigenvalue weighted by Gasteiger charge is -2.19. The van der Waals surface area contributed by atoms with Gasteiger partial charge >= 0.3 is 0 Å². The van der Waals surface area contributed by atoms with E-state index in [1.807, 2.05) is 0 Å². The Labute approximate surface area is 290 Å². The number of pyridine rings is 1. The first-order valence-corrected chi connectivity index (χ1v) is 17.2. The molecule has 0 aliphatic carbocycles. The molecule has 1 heterocycles. The fourth-order valence-corrected chi connectivity index (χ4v) is 7.92. The van der Waals surface area contributed by atoms with E-state index in [9.17, 15) is 0 Å². The number of fused-ring (bicyclic) bond motifs is 6. The van der Waals surface area contributed by atoms with Crippen molar-refractivity contribution in [3.63, 3.8) is 0 Å². The molecule has 0 bridgehead atoms. The van der Waals surface area contributed by atoms with Crippen LogP contribution >= 0.6 is 0 Å². The third-order valence-corrected chi connectivity index (χ3v) is 10.2. The van der Waals surface area contributed by atoms with Crippen LogP contribution in [0.2, 0.25) is 0 Å². The summed E-state index contributed by atoms with van der Waals surface area (Å²) in [4.78, 5) is 5.20. The van der Waals surface area contributed by atoms with Crippen molar-refractivity contribution in [2.24, 2.45) is 0 Å². The molecule has 1 heteroatoms. The summed E-state index contributed by atoms with van der Waals surface area (Å²) in [5.41, 5.74) is 10.5. The van der Waals surface area contributed by atoms with E-state index in [4.69, 9.17) is 4.98 Å². The first-order chi connectivity index (χ1) is 24.8. The Kier molecular flexibility index (Phi) is 6.57. The Hall–Kier alpha value is -6.57. The molecule has 50 heavy (non-hydrogen) atoms. The van der Waals surface area contributed by atoms with Crippen molar-refractivity contribution in [1.82, 2.24) is 4.98 Å². The molecule has 0 aliphatic rings. The van der Waals surface area contributed by atoms with Gasteiger partial charge in [0.25, 0.3) is 0 Å². The molecule has 1 aromatic heterocycles. The minimum absolute atomic E-state index is 0.984. The van der Waals surface area contributed by atoms with Gasteiger partial charge in [-0.25, -0.2) is 4.98 Å². The third-order valence-electron chi connectivity index (χ3n) is 10.2. The Morgan fingerprint density at radius 3 is 1.44 bits per heavy atom. The molecular weight excluding hydrogens is 603 g/mol. The summed E-state index contributed by atoms with van der Waals surface area (Å²) < 4.78 is 0. The van der Waals surface area contributed by atoms with Gasteiger partial charge in [0.15, 0.2) is 0 Å². The molecule has 0 atom stereocenters. The van der Waals surface area contributed by atoms with Crippen molar-refractivity contribution in [3.8, 4) is 44.6 Å². The molecule has 10 aromatic rings. The predicted molar refractivity (Wildman–Crippen MR) is 214 cm³/mol. The highest BCUT2D eigenvalue weighted by Crippen LogP contribution is 2.45. The smallest absolute Gasteiger partial charge is 0.0722 e. The Balaban J connectivity index is 1.22. The van der Waals surface area contributed by atoms with Crippen molar-refractivity contribution in [2.45, 2.75) is 0 Å². The van der Waals surface area contributed by atoms with E-state index < -0.39 is 0 Å². The highest BCUT2D eigenvalue weighted by molar-refractivity contribution is 6.23. The minimum Gasteiger partial charge on any atom is -0.248 e. The second-order valence-electron chi connectivity index (χ2n) is 13.1. The number of aromatic nitrogens is 1. The van der Waals surface area contributed by atoms with Crippen LogP contribution in [0.4, 0.5) is 0 Å². The van der Waals surface area contributed by atoms with Crippen LogP contribution in [-0.2, 0) is 0 Å². The van der Waals surface area contributed by atoms with E-state index in [-0.39, 0.29) is 0 Å². The first-order valence-electron chi connectivity index (χ1n) is 17.2. The molecule has 0 saturated carbocycles. The minimum atomic E-state index is 0.984. The zero-order valence-electron chi connectivity index (χ0n) is 27.3. The lowest BCUT2D eigenvalue weighted by atomic mass is 9.85. The molecule has 0 radical (unpaired) electrons. The summed E-state index contributed by atoms with van der Waals surface area (Å²) >= 11 is 0. The quantitative estimate of drug-likeness (QED) is 0.139. The number of nitrogens with zero attached hydrogens (tertiary/aromatic N) is 1. The van der Waals surface area contributed by atoms with Gasteiger partial charge in [-0.15, -0.1) is 0 Å². The molecule has 232 valence electrons. The maximum absolute atomic E-state index is 5.20. The van der Waals surface area contributed by atoms with Crippen LogP contribution in [0.15, 0.2) is 188 Å². The molecule has 9 aromatic carbocycles. The molecule has 10 rings (SSSR count). The fourth-order valence-electron chi connectivity index (χ4n) is 7.92.